The van der Waals surface area contributed by atoms with Crippen LogP contribution < -0.4 is 5.73 Å². The van der Waals surface area contributed by atoms with E-state index in [0.29, 0.717) is 6.61 Å². The number of hydrogen-bond acceptors (Lipinski definition) is 4. The van der Waals surface area contributed by atoms with Crippen molar-refractivity contribution in [3.63, 3.8) is 0 Å². The van der Waals surface area contributed by atoms with E-state index in [0.717, 1.165) is 30.6 Å². The summed E-state index contributed by atoms with van der Waals surface area (Å²) in [5.74, 6) is 0. The Morgan fingerprint density at radius 3 is 2.71 bits per heavy atom. The number of thiophene rings is 1. The summed E-state index contributed by atoms with van der Waals surface area (Å²) in [5.41, 5.74) is 7.66. The lowest BCUT2D eigenvalue weighted by Gasteiger charge is -2.18. The summed E-state index contributed by atoms with van der Waals surface area (Å²) in [6.07, 6.45) is 7.81. The van der Waals surface area contributed by atoms with Gasteiger partial charge in [-0.05, 0) is 49.6 Å². The van der Waals surface area contributed by atoms with Gasteiger partial charge in [-0.1, -0.05) is 12.1 Å². The van der Waals surface area contributed by atoms with Crippen LogP contribution in [0.15, 0.2) is 55.1 Å². The van der Waals surface area contributed by atoms with Gasteiger partial charge in [0.05, 0.1) is 19.0 Å². The van der Waals surface area contributed by atoms with Gasteiger partial charge in [0.1, 0.15) is 0 Å². The first-order chi connectivity index (χ1) is 11.7. The van der Waals surface area contributed by atoms with E-state index in [1.54, 1.807) is 6.20 Å². The Bertz CT molecular complexity index is 734. The van der Waals surface area contributed by atoms with Gasteiger partial charge in [-0.15, -0.1) is 11.3 Å². The highest BCUT2D eigenvalue weighted by molar-refractivity contribution is 7.11. The van der Waals surface area contributed by atoms with E-state index >= 15 is 0 Å². The first kappa shape index (κ1) is 16.7. The largest absolute Gasteiger partial charge is 0.399 e. The number of benzene rings is 1. The predicted octanol–water partition coefficient (Wildman–Crippen LogP) is 4.05. The van der Waals surface area contributed by atoms with Gasteiger partial charge in [0.25, 0.3) is 0 Å². The van der Waals surface area contributed by atoms with Crippen LogP contribution in [0.5, 0.6) is 0 Å². The fourth-order valence-corrected chi connectivity index (χ4v) is 3.51. The van der Waals surface area contributed by atoms with Crippen molar-refractivity contribution in [1.29, 1.82) is 0 Å². The molecule has 2 N–H and O–H groups in total. The molecule has 0 aliphatic carbocycles. The summed E-state index contributed by atoms with van der Waals surface area (Å²) >= 11 is 1.87. The van der Waals surface area contributed by atoms with Crippen LogP contribution in [0.3, 0.4) is 0 Å². The molecule has 1 aromatic carbocycles. The molecule has 0 saturated carbocycles. The van der Waals surface area contributed by atoms with Crippen molar-refractivity contribution < 1.29 is 4.74 Å². The summed E-state index contributed by atoms with van der Waals surface area (Å²) < 4.78 is 8.26. The minimum absolute atomic E-state index is 0.152. The minimum atomic E-state index is 0.152. The number of rotatable bonds is 8. The number of hydrogen-bond donors (Lipinski definition) is 1. The zero-order valence-corrected chi connectivity index (χ0v) is 14.7. The van der Waals surface area contributed by atoms with Crippen LogP contribution in [0.25, 0.3) is 0 Å². The molecule has 2 aromatic heterocycles. The molecule has 5 heteroatoms. The number of anilines is 1. The summed E-state index contributed by atoms with van der Waals surface area (Å²) in [5, 5.41) is 0. The highest BCUT2D eigenvalue weighted by atomic mass is 32.1. The van der Waals surface area contributed by atoms with E-state index in [2.05, 4.69) is 28.6 Å². The van der Waals surface area contributed by atoms with Crippen molar-refractivity contribution in [2.75, 3.05) is 5.73 Å². The van der Waals surface area contributed by atoms with Gasteiger partial charge in [-0.3, -0.25) is 0 Å². The minimum Gasteiger partial charge on any atom is -0.399 e. The van der Waals surface area contributed by atoms with E-state index < -0.39 is 0 Å². The van der Waals surface area contributed by atoms with Crippen molar-refractivity contribution in [1.82, 2.24) is 9.55 Å². The van der Waals surface area contributed by atoms with E-state index in [1.807, 2.05) is 48.1 Å². The lowest BCUT2D eigenvalue weighted by Crippen LogP contribution is -2.20. The van der Waals surface area contributed by atoms with Gasteiger partial charge in [0.15, 0.2) is 0 Å². The van der Waals surface area contributed by atoms with Gasteiger partial charge < -0.3 is 15.0 Å². The number of nitrogen functional groups attached to an aromatic ring is 1. The molecule has 0 aliphatic rings. The standard InChI is InChI=1S/C19H23N3OS/c1-15-2-8-19(24-15)9-7-18(12-22-11-10-21-14-22)23-13-16-3-5-17(20)6-4-16/h2-6,8,10-11,14,18H,7,9,12-13,20H2,1H3. The molecule has 24 heavy (non-hydrogen) atoms. The van der Waals surface area contributed by atoms with Crippen LogP contribution in [0.1, 0.15) is 21.7 Å². The average Bonchev–Trinajstić information content (AvgIpc) is 3.23. The quantitative estimate of drug-likeness (QED) is 0.629. The molecule has 4 nitrogen and oxygen atoms in total. The van der Waals surface area contributed by atoms with Crippen molar-refractivity contribution in [3.8, 4) is 0 Å². The van der Waals surface area contributed by atoms with Gasteiger partial charge in [0.2, 0.25) is 0 Å². The summed E-state index contributed by atoms with van der Waals surface area (Å²) in [6, 6.07) is 12.3. The first-order valence-corrected chi connectivity index (χ1v) is 8.98. The molecular weight excluding hydrogens is 318 g/mol. The van der Waals surface area contributed by atoms with Gasteiger partial charge in [0, 0.05) is 34.4 Å². The Morgan fingerprint density at radius 1 is 1.21 bits per heavy atom. The predicted molar refractivity (Wildman–Crippen MR) is 99.0 cm³/mol. The van der Waals surface area contributed by atoms with Crippen molar-refractivity contribution in [3.05, 3.63) is 70.4 Å². The van der Waals surface area contributed by atoms with E-state index in [9.17, 15) is 0 Å². The zero-order chi connectivity index (χ0) is 16.8. The fraction of sp³-hybridized carbons (Fsp3) is 0.316. The molecule has 1 unspecified atom stereocenters. The molecule has 0 radical (unpaired) electrons. The molecule has 0 spiro atoms. The van der Waals surface area contributed by atoms with Crippen LogP contribution in [0.4, 0.5) is 5.69 Å². The van der Waals surface area contributed by atoms with Crippen LogP contribution >= 0.6 is 11.3 Å². The molecule has 0 amide bonds. The normalized spacial score (nSPS) is 12.4. The Balaban J connectivity index is 1.59. The number of aryl methyl sites for hydroxylation is 2. The SMILES string of the molecule is Cc1ccc(CCC(Cn2ccnc2)OCc2ccc(N)cc2)s1. The third kappa shape index (κ3) is 4.94. The van der Waals surface area contributed by atoms with E-state index in [-0.39, 0.29) is 6.10 Å². The second-order valence-electron chi connectivity index (χ2n) is 5.99. The Morgan fingerprint density at radius 2 is 2.04 bits per heavy atom. The van der Waals surface area contributed by atoms with Gasteiger partial charge >= 0.3 is 0 Å². The average molecular weight is 341 g/mol. The van der Waals surface area contributed by atoms with E-state index in [4.69, 9.17) is 10.5 Å². The van der Waals surface area contributed by atoms with Crippen molar-refractivity contribution >= 4 is 17.0 Å². The number of nitrogens with zero attached hydrogens (tertiary/aromatic N) is 2. The van der Waals surface area contributed by atoms with Crippen LogP contribution in [0.2, 0.25) is 0 Å². The fourth-order valence-electron chi connectivity index (χ4n) is 2.61. The van der Waals surface area contributed by atoms with Crippen LogP contribution in [0, 0.1) is 6.92 Å². The lowest BCUT2D eigenvalue weighted by molar-refractivity contribution is 0.0241. The molecule has 1 atom stereocenters. The van der Waals surface area contributed by atoms with Gasteiger partial charge in [-0.2, -0.15) is 0 Å². The Kier molecular flexibility index (Phi) is 5.67. The molecule has 0 saturated heterocycles. The van der Waals surface area contributed by atoms with E-state index in [1.165, 1.54) is 9.75 Å². The summed E-state index contributed by atoms with van der Waals surface area (Å²) in [4.78, 5) is 6.90. The van der Waals surface area contributed by atoms with Crippen molar-refractivity contribution in [2.45, 2.75) is 39.0 Å². The summed E-state index contributed by atoms with van der Waals surface area (Å²) in [6.45, 7) is 3.57. The molecule has 0 bridgehead atoms. The van der Waals surface area contributed by atoms with Crippen molar-refractivity contribution in [2.24, 2.45) is 0 Å². The molecule has 0 aliphatic heterocycles. The lowest BCUT2D eigenvalue weighted by atomic mass is 10.1. The van der Waals surface area contributed by atoms with Crippen LogP contribution in [-0.4, -0.2) is 15.7 Å². The second kappa shape index (κ2) is 8.13. The second-order valence-corrected chi connectivity index (χ2v) is 7.36. The summed E-state index contributed by atoms with van der Waals surface area (Å²) in [7, 11) is 0. The topological polar surface area (TPSA) is 53.1 Å². The third-order valence-corrected chi connectivity index (χ3v) is 5.01. The van der Waals surface area contributed by atoms with Crippen LogP contribution in [-0.2, 0) is 24.3 Å². The smallest absolute Gasteiger partial charge is 0.0946 e. The number of aromatic nitrogens is 2. The van der Waals surface area contributed by atoms with Gasteiger partial charge in [-0.25, -0.2) is 4.98 Å². The maximum absolute atomic E-state index is 6.19. The Hall–Kier alpha value is -2.11. The molecule has 3 rings (SSSR count). The first-order valence-electron chi connectivity index (χ1n) is 8.16. The molecule has 0 fully saturated rings. The number of imidazole rings is 1. The number of ether oxygens (including phenoxy) is 1. The molecular formula is C19H23N3OS. The molecule has 3 aromatic rings. The number of nitrogens with two attached hydrogens (primary N) is 1. The third-order valence-electron chi connectivity index (χ3n) is 3.95. The highest BCUT2D eigenvalue weighted by Gasteiger charge is 2.12. The maximum Gasteiger partial charge on any atom is 0.0946 e. The highest BCUT2D eigenvalue weighted by Crippen LogP contribution is 2.19. The molecule has 126 valence electrons. The maximum atomic E-state index is 6.19. The molecule has 2 heterocycles. The Labute approximate surface area is 146 Å². The zero-order valence-electron chi connectivity index (χ0n) is 13.9. The monoisotopic (exact) mass is 341 g/mol.